The van der Waals surface area contributed by atoms with Gasteiger partial charge in [0.1, 0.15) is 5.75 Å². The summed E-state index contributed by atoms with van der Waals surface area (Å²) in [4.78, 5) is 12.6. The smallest absolute Gasteiger partial charge is 0.198 e. The third kappa shape index (κ3) is 2.89. The average Bonchev–Trinajstić information content (AvgIpc) is 2.40. The second-order valence-corrected chi connectivity index (χ2v) is 5.51. The van der Waals surface area contributed by atoms with Gasteiger partial charge in [0, 0.05) is 14.8 Å². The maximum absolute atomic E-state index is 12.6. The topological polar surface area (TPSA) is 52.3 Å². The van der Waals surface area contributed by atoms with Crippen molar-refractivity contribution in [2.75, 3.05) is 12.8 Å². The summed E-state index contributed by atoms with van der Waals surface area (Å²) in [6.45, 7) is 1.93. The molecule has 0 fully saturated rings. The molecule has 4 heteroatoms. The van der Waals surface area contributed by atoms with Crippen LogP contribution in [0.25, 0.3) is 0 Å². The van der Waals surface area contributed by atoms with Gasteiger partial charge in [-0.25, -0.2) is 0 Å². The van der Waals surface area contributed by atoms with Gasteiger partial charge in [-0.3, -0.25) is 4.79 Å². The summed E-state index contributed by atoms with van der Waals surface area (Å²) in [6.07, 6.45) is 0. The van der Waals surface area contributed by atoms with Gasteiger partial charge in [0.15, 0.2) is 5.78 Å². The van der Waals surface area contributed by atoms with E-state index in [1.165, 1.54) is 0 Å². The number of rotatable bonds is 3. The van der Waals surface area contributed by atoms with Crippen LogP contribution in [0.15, 0.2) is 36.4 Å². The first-order valence-corrected chi connectivity index (χ1v) is 6.85. The molecule has 2 N–H and O–H groups in total. The van der Waals surface area contributed by atoms with E-state index >= 15 is 0 Å². The predicted octanol–water partition coefficient (Wildman–Crippen LogP) is 3.42. The fraction of sp³-hybridized carbons (Fsp3) is 0.133. The minimum absolute atomic E-state index is 0.114. The lowest BCUT2D eigenvalue weighted by molar-refractivity contribution is 0.103. The number of nitrogens with two attached hydrogens (primary N) is 1. The molecule has 0 amide bonds. The van der Waals surface area contributed by atoms with Gasteiger partial charge in [-0.15, -0.1) is 0 Å². The normalized spacial score (nSPS) is 10.3. The number of carbonyl (C=O) groups excluding carboxylic acids is 1. The molecular weight excluding hydrogens is 353 g/mol. The summed E-state index contributed by atoms with van der Waals surface area (Å²) < 4.78 is 6.23. The Bertz CT molecular complexity index is 638. The number of carbonyl (C=O) groups is 1. The number of benzene rings is 2. The molecule has 0 bridgehead atoms. The van der Waals surface area contributed by atoms with Crippen molar-refractivity contribution in [2.24, 2.45) is 0 Å². The van der Waals surface area contributed by atoms with Gasteiger partial charge < -0.3 is 10.5 Å². The highest BCUT2D eigenvalue weighted by molar-refractivity contribution is 14.1. The highest BCUT2D eigenvalue weighted by Gasteiger charge is 2.17. The molecular formula is C15H14INO2. The van der Waals surface area contributed by atoms with E-state index in [9.17, 15) is 4.79 Å². The van der Waals surface area contributed by atoms with Gasteiger partial charge in [-0.2, -0.15) is 0 Å². The first-order valence-electron chi connectivity index (χ1n) is 5.77. The molecule has 0 aliphatic carbocycles. The molecule has 3 nitrogen and oxygen atoms in total. The van der Waals surface area contributed by atoms with Crippen molar-refractivity contribution >= 4 is 34.1 Å². The molecule has 0 aliphatic rings. The fourth-order valence-corrected chi connectivity index (χ4v) is 2.36. The number of ether oxygens (including phenoxy) is 1. The molecule has 2 aromatic carbocycles. The van der Waals surface area contributed by atoms with Crippen molar-refractivity contribution in [2.45, 2.75) is 6.92 Å². The molecule has 0 aromatic heterocycles. The van der Waals surface area contributed by atoms with Crippen molar-refractivity contribution in [3.63, 3.8) is 0 Å². The summed E-state index contributed by atoms with van der Waals surface area (Å²) >= 11 is 2.17. The lowest BCUT2D eigenvalue weighted by Crippen LogP contribution is -2.08. The SMILES string of the molecule is COc1ccc(I)cc1C(=O)c1cc(C)ccc1N. The Hall–Kier alpha value is -1.56. The number of ketones is 1. The summed E-state index contributed by atoms with van der Waals surface area (Å²) in [7, 11) is 1.55. The van der Waals surface area contributed by atoms with E-state index in [1.54, 1.807) is 25.3 Å². The third-order valence-electron chi connectivity index (χ3n) is 2.86. The molecule has 0 saturated heterocycles. The zero-order valence-corrected chi connectivity index (χ0v) is 12.9. The van der Waals surface area contributed by atoms with Gasteiger partial charge in [-0.1, -0.05) is 11.6 Å². The van der Waals surface area contributed by atoms with Gasteiger partial charge in [0.25, 0.3) is 0 Å². The van der Waals surface area contributed by atoms with Crippen LogP contribution in [0.3, 0.4) is 0 Å². The van der Waals surface area contributed by atoms with Gasteiger partial charge in [0.05, 0.1) is 12.7 Å². The number of aryl methyl sites for hydroxylation is 1. The fourth-order valence-electron chi connectivity index (χ4n) is 1.87. The van der Waals surface area contributed by atoms with Crippen LogP contribution in [-0.4, -0.2) is 12.9 Å². The first-order chi connectivity index (χ1) is 9.02. The quantitative estimate of drug-likeness (QED) is 0.514. The van der Waals surface area contributed by atoms with E-state index in [1.807, 2.05) is 25.1 Å². The number of anilines is 1. The maximum Gasteiger partial charge on any atom is 0.198 e. The van der Waals surface area contributed by atoms with E-state index < -0.39 is 0 Å². The Balaban J connectivity index is 2.55. The number of hydrogen-bond donors (Lipinski definition) is 1. The minimum atomic E-state index is -0.114. The van der Waals surface area contributed by atoms with Crippen molar-refractivity contribution < 1.29 is 9.53 Å². The Morgan fingerprint density at radius 3 is 2.58 bits per heavy atom. The minimum Gasteiger partial charge on any atom is -0.496 e. The third-order valence-corrected chi connectivity index (χ3v) is 3.53. The molecule has 0 unspecified atom stereocenters. The predicted molar refractivity (Wildman–Crippen MR) is 84.7 cm³/mol. The molecule has 2 aromatic rings. The Labute approximate surface area is 125 Å². The van der Waals surface area contributed by atoms with Crippen LogP contribution in [0.1, 0.15) is 21.5 Å². The lowest BCUT2D eigenvalue weighted by atomic mass is 9.99. The molecule has 0 aliphatic heterocycles. The second-order valence-electron chi connectivity index (χ2n) is 4.26. The van der Waals surface area contributed by atoms with Crippen LogP contribution in [0.5, 0.6) is 5.75 Å². The summed E-state index contributed by atoms with van der Waals surface area (Å²) in [6, 6.07) is 10.9. The van der Waals surface area contributed by atoms with Crippen molar-refractivity contribution in [1.29, 1.82) is 0 Å². The zero-order valence-electron chi connectivity index (χ0n) is 10.7. The Morgan fingerprint density at radius 1 is 1.16 bits per heavy atom. The largest absolute Gasteiger partial charge is 0.496 e. The first kappa shape index (κ1) is 13.9. The van der Waals surface area contributed by atoms with E-state index in [2.05, 4.69) is 22.6 Å². The van der Waals surface area contributed by atoms with E-state index in [4.69, 9.17) is 10.5 Å². The van der Waals surface area contributed by atoms with Gasteiger partial charge in [-0.05, 0) is 59.8 Å². The lowest BCUT2D eigenvalue weighted by Gasteiger charge is -2.10. The maximum atomic E-state index is 12.6. The van der Waals surface area contributed by atoms with E-state index in [-0.39, 0.29) is 5.78 Å². The highest BCUT2D eigenvalue weighted by atomic mass is 127. The Morgan fingerprint density at radius 2 is 1.89 bits per heavy atom. The number of halogens is 1. The molecule has 0 spiro atoms. The number of hydrogen-bond acceptors (Lipinski definition) is 3. The molecule has 0 heterocycles. The highest BCUT2D eigenvalue weighted by Crippen LogP contribution is 2.26. The van der Waals surface area contributed by atoms with Crippen LogP contribution in [0.4, 0.5) is 5.69 Å². The number of nitrogen functional groups attached to an aromatic ring is 1. The summed E-state index contributed by atoms with van der Waals surface area (Å²) in [5.41, 5.74) is 8.43. The Kier molecular flexibility index (Phi) is 4.09. The molecule has 0 radical (unpaired) electrons. The summed E-state index contributed by atoms with van der Waals surface area (Å²) in [5, 5.41) is 0. The second kappa shape index (κ2) is 5.61. The van der Waals surface area contributed by atoms with Crippen LogP contribution in [0.2, 0.25) is 0 Å². The molecule has 0 atom stereocenters. The van der Waals surface area contributed by atoms with Crippen LogP contribution >= 0.6 is 22.6 Å². The average molecular weight is 367 g/mol. The summed E-state index contributed by atoms with van der Waals surface area (Å²) in [5.74, 6) is 0.447. The molecule has 98 valence electrons. The van der Waals surface area contributed by atoms with Gasteiger partial charge in [0.2, 0.25) is 0 Å². The van der Waals surface area contributed by atoms with E-state index in [0.29, 0.717) is 22.6 Å². The van der Waals surface area contributed by atoms with Crippen LogP contribution in [0, 0.1) is 10.5 Å². The van der Waals surface area contributed by atoms with E-state index in [0.717, 1.165) is 9.13 Å². The van der Waals surface area contributed by atoms with Crippen molar-refractivity contribution in [3.05, 3.63) is 56.7 Å². The monoisotopic (exact) mass is 367 g/mol. The van der Waals surface area contributed by atoms with Gasteiger partial charge >= 0.3 is 0 Å². The molecule has 2 rings (SSSR count). The molecule has 19 heavy (non-hydrogen) atoms. The van der Waals surface area contributed by atoms with Crippen LogP contribution < -0.4 is 10.5 Å². The van der Waals surface area contributed by atoms with Crippen LogP contribution in [-0.2, 0) is 0 Å². The van der Waals surface area contributed by atoms with Crippen molar-refractivity contribution in [1.82, 2.24) is 0 Å². The standard InChI is InChI=1S/C15H14INO2/c1-9-3-5-13(17)11(7-9)15(18)12-8-10(16)4-6-14(12)19-2/h3-8H,17H2,1-2H3. The van der Waals surface area contributed by atoms with Crippen molar-refractivity contribution in [3.8, 4) is 5.75 Å². The molecule has 0 saturated carbocycles. The number of methoxy groups -OCH3 is 1. The zero-order chi connectivity index (χ0) is 14.0.